The van der Waals surface area contributed by atoms with Gasteiger partial charge in [0.15, 0.2) is 0 Å². The Morgan fingerprint density at radius 3 is 1.37 bits per heavy atom. The molecule has 0 radical (unpaired) electrons. The summed E-state index contributed by atoms with van der Waals surface area (Å²) in [5.41, 5.74) is 16.0. The lowest BCUT2D eigenvalue weighted by Crippen LogP contribution is -1.94. The number of para-hydroxylation sites is 2. The zero-order valence-electron chi connectivity index (χ0n) is 30.9. The summed E-state index contributed by atoms with van der Waals surface area (Å²) in [6, 6.07) is 74.5. The molecule has 12 rings (SSSR count). The van der Waals surface area contributed by atoms with E-state index in [9.17, 15) is 0 Å². The van der Waals surface area contributed by atoms with E-state index in [-0.39, 0.29) is 0 Å². The largest absolute Gasteiger partial charge is 0.456 e. The van der Waals surface area contributed by atoms with Crippen LogP contribution in [0.1, 0.15) is 0 Å². The third kappa shape index (κ3) is 4.99. The fourth-order valence-electron chi connectivity index (χ4n) is 9.03. The van der Waals surface area contributed by atoms with Crippen LogP contribution in [-0.4, -0.2) is 9.13 Å². The first-order chi connectivity index (χ1) is 28.2. The molecule has 0 spiro atoms. The maximum absolute atomic E-state index is 6.42. The lowest BCUT2D eigenvalue weighted by molar-refractivity contribution is 0.669. The summed E-state index contributed by atoms with van der Waals surface area (Å²) >= 11 is 0. The number of nitrogens with zero attached hydrogens (tertiary/aromatic N) is 2. The van der Waals surface area contributed by atoms with Crippen molar-refractivity contribution in [2.45, 2.75) is 0 Å². The fraction of sp³-hybridized carbons (Fsp3) is 0. The van der Waals surface area contributed by atoms with Gasteiger partial charge in [-0.15, -0.1) is 0 Å². The van der Waals surface area contributed by atoms with E-state index in [1.807, 2.05) is 6.07 Å². The van der Waals surface area contributed by atoms with E-state index in [0.29, 0.717) is 0 Å². The van der Waals surface area contributed by atoms with Crippen LogP contribution in [0.5, 0.6) is 0 Å². The van der Waals surface area contributed by atoms with Crippen molar-refractivity contribution < 1.29 is 4.42 Å². The van der Waals surface area contributed by atoms with E-state index in [0.717, 1.165) is 38.9 Å². The number of aromatic nitrogens is 2. The number of fused-ring (bicyclic) bond motifs is 9. The summed E-state index contributed by atoms with van der Waals surface area (Å²) in [7, 11) is 0. The van der Waals surface area contributed by atoms with Gasteiger partial charge in [-0.1, -0.05) is 127 Å². The first-order valence-corrected chi connectivity index (χ1v) is 19.5. The van der Waals surface area contributed by atoms with Crippen LogP contribution in [0.2, 0.25) is 0 Å². The molecule has 9 aromatic carbocycles. The Morgan fingerprint density at radius 1 is 0.246 bits per heavy atom. The minimum atomic E-state index is 0.891. The first kappa shape index (κ1) is 31.7. The van der Waals surface area contributed by atoms with E-state index >= 15 is 0 Å². The minimum Gasteiger partial charge on any atom is -0.456 e. The number of furan rings is 1. The van der Waals surface area contributed by atoms with Gasteiger partial charge in [0.25, 0.3) is 0 Å². The lowest BCUT2D eigenvalue weighted by Gasteiger charge is -2.11. The van der Waals surface area contributed by atoms with Crippen LogP contribution in [0.15, 0.2) is 211 Å². The van der Waals surface area contributed by atoms with Crippen molar-refractivity contribution in [2.75, 3.05) is 0 Å². The summed E-state index contributed by atoms with van der Waals surface area (Å²) in [6.45, 7) is 0. The van der Waals surface area contributed by atoms with Crippen LogP contribution in [0.25, 0.3) is 110 Å². The summed E-state index contributed by atoms with van der Waals surface area (Å²) in [5.74, 6) is 0. The Morgan fingerprint density at radius 2 is 0.737 bits per heavy atom. The highest BCUT2D eigenvalue weighted by molar-refractivity contribution is 6.13. The van der Waals surface area contributed by atoms with Crippen LogP contribution < -0.4 is 0 Å². The number of hydrogen-bond donors (Lipinski definition) is 0. The van der Waals surface area contributed by atoms with E-state index in [2.05, 4.69) is 209 Å². The van der Waals surface area contributed by atoms with Crippen LogP contribution in [0, 0.1) is 0 Å². The molecule has 266 valence electrons. The van der Waals surface area contributed by atoms with Crippen molar-refractivity contribution in [2.24, 2.45) is 0 Å². The highest BCUT2D eigenvalue weighted by Crippen LogP contribution is 2.40. The van der Waals surface area contributed by atoms with Crippen LogP contribution in [0.3, 0.4) is 0 Å². The third-order valence-corrected chi connectivity index (χ3v) is 11.7. The maximum atomic E-state index is 6.42. The van der Waals surface area contributed by atoms with Gasteiger partial charge in [-0.05, 0) is 112 Å². The fourth-order valence-corrected chi connectivity index (χ4v) is 9.03. The minimum absolute atomic E-state index is 0.891. The molecule has 3 heteroatoms. The summed E-state index contributed by atoms with van der Waals surface area (Å²) in [6.07, 6.45) is 0. The molecule has 0 unspecified atom stereocenters. The molecule has 57 heavy (non-hydrogen) atoms. The molecule has 0 fully saturated rings. The van der Waals surface area contributed by atoms with Crippen LogP contribution in [0.4, 0.5) is 0 Å². The maximum Gasteiger partial charge on any atom is 0.136 e. The van der Waals surface area contributed by atoms with Gasteiger partial charge in [-0.3, -0.25) is 0 Å². The van der Waals surface area contributed by atoms with Crippen molar-refractivity contribution in [3.05, 3.63) is 206 Å². The van der Waals surface area contributed by atoms with Crippen molar-refractivity contribution in [3.63, 3.8) is 0 Å². The average molecular weight is 727 g/mol. The zero-order valence-corrected chi connectivity index (χ0v) is 30.9. The lowest BCUT2D eigenvalue weighted by atomic mass is 10.0. The summed E-state index contributed by atoms with van der Waals surface area (Å²) in [5, 5.41) is 7.19. The second-order valence-corrected chi connectivity index (χ2v) is 14.9. The highest BCUT2D eigenvalue weighted by Gasteiger charge is 2.18. The number of benzene rings is 9. The topological polar surface area (TPSA) is 23.0 Å². The Hall–Kier alpha value is -7.62. The van der Waals surface area contributed by atoms with Gasteiger partial charge in [0.2, 0.25) is 0 Å². The highest BCUT2D eigenvalue weighted by atomic mass is 16.3. The Balaban J connectivity index is 0.982. The molecule has 0 amide bonds. The molecule has 0 atom stereocenters. The molecule has 0 saturated heterocycles. The average Bonchev–Trinajstić information content (AvgIpc) is 3.93. The number of hydrogen-bond acceptors (Lipinski definition) is 1. The van der Waals surface area contributed by atoms with Crippen molar-refractivity contribution in [1.82, 2.24) is 9.13 Å². The quantitative estimate of drug-likeness (QED) is 0.173. The van der Waals surface area contributed by atoms with Gasteiger partial charge < -0.3 is 13.6 Å². The molecule has 3 heterocycles. The zero-order chi connectivity index (χ0) is 37.5. The second-order valence-electron chi connectivity index (χ2n) is 14.9. The molecule has 0 saturated carbocycles. The molecule has 12 aromatic rings. The molecule has 0 bridgehead atoms. The van der Waals surface area contributed by atoms with E-state index in [4.69, 9.17) is 4.42 Å². The van der Waals surface area contributed by atoms with Crippen molar-refractivity contribution in [3.8, 4) is 44.8 Å². The van der Waals surface area contributed by atoms with Gasteiger partial charge in [0, 0.05) is 43.7 Å². The Bertz CT molecular complexity index is 3510. The molecular formula is C54H34N2O. The first-order valence-electron chi connectivity index (χ1n) is 19.5. The van der Waals surface area contributed by atoms with E-state index < -0.39 is 0 Å². The van der Waals surface area contributed by atoms with Gasteiger partial charge in [-0.25, -0.2) is 0 Å². The van der Waals surface area contributed by atoms with Crippen LogP contribution in [-0.2, 0) is 0 Å². The van der Waals surface area contributed by atoms with E-state index in [1.165, 1.54) is 71.4 Å². The molecule has 0 aliphatic carbocycles. The van der Waals surface area contributed by atoms with Gasteiger partial charge >= 0.3 is 0 Å². The standard InChI is InChI=1S/C54H34N2O/c1-3-12-35(13-4-1)37-16-11-17-41(30-37)55-49-20-9-7-18-43(49)46-31-38(23-27-51(46)55)39-24-28-52-47(32-39)44-19-8-10-21-50(44)56(52)42-25-29-53-48(34-42)45-26-22-40(33-54(45)57-53)36-14-5-2-6-15-36/h1-34H. The molecule has 0 aliphatic rings. The van der Waals surface area contributed by atoms with Gasteiger partial charge in [0.1, 0.15) is 11.2 Å². The molecule has 3 nitrogen and oxygen atoms in total. The van der Waals surface area contributed by atoms with Crippen molar-refractivity contribution >= 4 is 65.6 Å². The van der Waals surface area contributed by atoms with Gasteiger partial charge in [0.05, 0.1) is 22.1 Å². The smallest absolute Gasteiger partial charge is 0.136 e. The monoisotopic (exact) mass is 726 g/mol. The second kappa shape index (κ2) is 12.5. The Kier molecular flexibility index (Phi) is 6.93. The predicted molar refractivity (Wildman–Crippen MR) is 239 cm³/mol. The molecule has 0 aliphatic heterocycles. The third-order valence-electron chi connectivity index (χ3n) is 11.7. The summed E-state index contributed by atoms with van der Waals surface area (Å²) in [4.78, 5) is 0. The predicted octanol–water partition coefficient (Wildman–Crippen LogP) is 14.8. The van der Waals surface area contributed by atoms with Gasteiger partial charge in [-0.2, -0.15) is 0 Å². The Labute approximate surface area is 328 Å². The van der Waals surface area contributed by atoms with Crippen LogP contribution >= 0.6 is 0 Å². The molecular weight excluding hydrogens is 693 g/mol. The summed E-state index contributed by atoms with van der Waals surface area (Å²) < 4.78 is 11.2. The van der Waals surface area contributed by atoms with E-state index in [1.54, 1.807) is 0 Å². The normalized spacial score (nSPS) is 11.9. The molecule has 0 N–H and O–H groups in total. The number of rotatable bonds is 5. The SMILES string of the molecule is c1ccc(-c2cccc(-n3c4ccccc4c4cc(-c5ccc6c(c5)c5ccccc5n6-c5ccc6oc7cc(-c8ccccc8)ccc7c6c5)ccc43)c2)cc1. The molecule has 3 aromatic heterocycles. The van der Waals surface area contributed by atoms with Crippen molar-refractivity contribution in [1.29, 1.82) is 0 Å².